The van der Waals surface area contributed by atoms with Crippen LogP contribution in [0.5, 0.6) is 0 Å². The van der Waals surface area contributed by atoms with Gasteiger partial charge < -0.3 is 4.81 Å². The molecule has 0 bridgehead atoms. The van der Waals surface area contributed by atoms with E-state index in [9.17, 15) is 0 Å². The van der Waals surface area contributed by atoms with E-state index < -0.39 is 0 Å². The molecule has 0 fully saturated rings. The molecule has 0 amide bonds. The van der Waals surface area contributed by atoms with Crippen LogP contribution in [-0.4, -0.2) is 18.8 Å². The van der Waals surface area contributed by atoms with Crippen molar-refractivity contribution in [3.63, 3.8) is 0 Å². The largest absolute Gasteiger partial charge is 0.423 e. The van der Waals surface area contributed by atoms with Crippen LogP contribution in [0.4, 0.5) is 0 Å². The van der Waals surface area contributed by atoms with Crippen molar-refractivity contribution in [3.8, 4) is 0 Å². The maximum absolute atomic E-state index is 4.24. The molecule has 1 nitrogen and oxygen atoms in total. The third-order valence-electron chi connectivity index (χ3n) is 3.80. The van der Waals surface area contributed by atoms with Crippen LogP contribution in [0.25, 0.3) is 0 Å². The van der Waals surface area contributed by atoms with Crippen molar-refractivity contribution in [1.82, 2.24) is 4.81 Å². The van der Waals surface area contributed by atoms with Gasteiger partial charge in [0.25, 0.3) is 0 Å². The molecule has 14 heavy (non-hydrogen) atoms. The fourth-order valence-electron chi connectivity index (χ4n) is 1.19. The zero-order chi connectivity index (χ0) is 11.7. The molecule has 0 aliphatic rings. The van der Waals surface area contributed by atoms with Crippen LogP contribution in [0.2, 0.25) is 0 Å². The molecule has 2 heteroatoms. The van der Waals surface area contributed by atoms with Gasteiger partial charge in [-0.05, 0) is 25.0 Å². The lowest BCUT2D eigenvalue weighted by Crippen LogP contribution is -2.40. The number of hydrogen-bond acceptors (Lipinski definition) is 1. The first kappa shape index (κ1) is 13.6. The molecule has 0 aliphatic carbocycles. The van der Waals surface area contributed by atoms with Crippen LogP contribution in [-0.2, 0) is 0 Å². The lowest BCUT2D eigenvalue weighted by atomic mass is 9.66. The van der Waals surface area contributed by atoms with Crippen LogP contribution >= 0.6 is 0 Å². The Morgan fingerprint density at radius 1 is 1.14 bits per heavy atom. The summed E-state index contributed by atoms with van der Waals surface area (Å²) in [6, 6.07) is 0.518. The maximum Gasteiger partial charge on any atom is 0.217 e. The molecule has 0 atom stereocenters. The molecule has 0 N–H and O–H groups in total. The molecule has 0 heterocycles. The van der Waals surface area contributed by atoms with Gasteiger partial charge in [0.05, 0.1) is 0 Å². The topological polar surface area (TPSA) is 3.24 Å². The van der Waals surface area contributed by atoms with Crippen LogP contribution in [0, 0.1) is 10.8 Å². The van der Waals surface area contributed by atoms with Gasteiger partial charge in [-0.25, -0.2) is 0 Å². The second-order valence-electron chi connectivity index (χ2n) is 6.03. The summed E-state index contributed by atoms with van der Waals surface area (Å²) < 4.78 is 0. The summed E-state index contributed by atoms with van der Waals surface area (Å²) in [5, 5.41) is 0. The van der Waals surface area contributed by atoms with E-state index in [2.05, 4.69) is 67.8 Å². The maximum atomic E-state index is 4.24. The Hall–Kier alpha value is -0.395. The van der Waals surface area contributed by atoms with Crippen LogP contribution < -0.4 is 0 Å². The minimum absolute atomic E-state index is 0.131. The molecule has 0 spiro atoms. The molecule has 0 rings (SSSR count). The van der Waals surface area contributed by atoms with Gasteiger partial charge in [-0.1, -0.05) is 41.2 Å². The van der Waals surface area contributed by atoms with Gasteiger partial charge in [-0.2, -0.15) is 0 Å². The monoisotopic (exact) mass is 195 g/mol. The van der Waals surface area contributed by atoms with E-state index in [1.54, 1.807) is 0 Å². The van der Waals surface area contributed by atoms with E-state index in [-0.39, 0.29) is 10.8 Å². The van der Waals surface area contributed by atoms with E-state index >= 15 is 0 Å². The van der Waals surface area contributed by atoms with Crippen molar-refractivity contribution in [2.75, 3.05) is 0 Å². The zero-order valence-corrected chi connectivity index (χ0v) is 11.2. The molecule has 0 aromatic heterocycles. The summed E-state index contributed by atoms with van der Waals surface area (Å²) in [5.74, 6) is 0. The summed E-state index contributed by atoms with van der Waals surface area (Å²) >= 11 is 0. The van der Waals surface area contributed by atoms with Crippen LogP contribution in [0.1, 0.15) is 48.5 Å². The highest BCUT2D eigenvalue weighted by molar-refractivity contribution is 6.05. The molecular formula is C12H26BN. The number of rotatable bonds is 3. The Balaban J connectivity index is 4.86. The number of nitrogens with zero attached hydrogens (tertiary/aromatic N) is 1. The van der Waals surface area contributed by atoms with Gasteiger partial charge in [0.1, 0.15) is 0 Å². The van der Waals surface area contributed by atoms with Crippen molar-refractivity contribution in [2.24, 2.45) is 10.8 Å². The van der Waals surface area contributed by atoms with Crippen molar-refractivity contribution >= 4 is 7.98 Å². The Labute approximate surface area is 91.0 Å². The van der Waals surface area contributed by atoms with E-state index in [0.717, 1.165) is 0 Å². The second kappa shape index (κ2) is 4.00. The van der Waals surface area contributed by atoms with Gasteiger partial charge in [-0.15, -0.1) is 0 Å². The van der Waals surface area contributed by atoms with E-state index in [0.29, 0.717) is 6.04 Å². The molecule has 0 saturated carbocycles. The first-order valence-corrected chi connectivity index (χ1v) is 5.44. The molecule has 0 aromatic rings. The minimum Gasteiger partial charge on any atom is -0.423 e. The summed E-state index contributed by atoms with van der Waals surface area (Å²) in [6.45, 7) is 20.0. The SMILES string of the molecule is BN(C(=C)C(C)(C)C(C)(C)C)C(C)C. The van der Waals surface area contributed by atoms with Gasteiger partial charge in [-0.3, -0.25) is 0 Å². The predicted molar refractivity (Wildman–Crippen MR) is 67.9 cm³/mol. The fraction of sp³-hybridized carbons (Fsp3) is 0.833. The average molecular weight is 195 g/mol. The molecule has 0 aromatic carbocycles. The number of hydrogen-bond donors (Lipinski definition) is 0. The molecule has 0 aliphatic heterocycles. The third kappa shape index (κ3) is 2.55. The Kier molecular flexibility index (Phi) is 3.89. The van der Waals surface area contributed by atoms with Gasteiger partial charge >= 0.3 is 0 Å². The van der Waals surface area contributed by atoms with E-state index in [1.165, 1.54) is 5.70 Å². The van der Waals surface area contributed by atoms with Crippen LogP contribution in [0.15, 0.2) is 12.3 Å². The van der Waals surface area contributed by atoms with Crippen molar-refractivity contribution in [1.29, 1.82) is 0 Å². The quantitative estimate of drug-likeness (QED) is 0.626. The first-order chi connectivity index (χ1) is 6.01. The van der Waals surface area contributed by atoms with Gasteiger partial charge in [0.2, 0.25) is 7.98 Å². The first-order valence-electron chi connectivity index (χ1n) is 5.44. The average Bonchev–Trinajstić information content (AvgIpc) is 1.99. The predicted octanol–water partition coefficient (Wildman–Crippen LogP) is 2.83. The van der Waals surface area contributed by atoms with Gasteiger partial charge in [0, 0.05) is 11.5 Å². The minimum atomic E-state index is 0.131. The Morgan fingerprint density at radius 2 is 1.50 bits per heavy atom. The summed E-state index contributed by atoms with van der Waals surface area (Å²) in [7, 11) is 2.13. The fourth-order valence-corrected chi connectivity index (χ4v) is 1.19. The van der Waals surface area contributed by atoms with E-state index in [1.807, 2.05) is 0 Å². The highest BCUT2D eigenvalue weighted by Gasteiger charge is 2.36. The lowest BCUT2D eigenvalue weighted by molar-refractivity contribution is 0.144. The molecule has 0 saturated heterocycles. The standard InChI is InChI=1S/C12H26BN/c1-9(2)14(13)10(3)12(7,8)11(4,5)6/h9H,3,13H2,1-2,4-8H3. The summed E-state index contributed by atoms with van der Waals surface area (Å²) in [5.41, 5.74) is 1.60. The third-order valence-corrected chi connectivity index (χ3v) is 3.80. The van der Waals surface area contributed by atoms with Crippen LogP contribution in [0.3, 0.4) is 0 Å². The van der Waals surface area contributed by atoms with Crippen molar-refractivity contribution < 1.29 is 0 Å². The number of allylic oxidation sites excluding steroid dienone is 1. The highest BCUT2D eigenvalue weighted by Crippen LogP contribution is 2.44. The zero-order valence-electron chi connectivity index (χ0n) is 11.2. The molecular weight excluding hydrogens is 169 g/mol. The Bertz CT molecular complexity index is 211. The molecule has 82 valence electrons. The highest BCUT2D eigenvalue weighted by atomic mass is 15.1. The van der Waals surface area contributed by atoms with Crippen molar-refractivity contribution in [2.45, 2.75) is 54.5 Å². The normalized spacial score (nSPS) is 13.1. The smallest absolute Gasteiger partial charge is 0.217 e. The summed E-state index contributed by atoms with van der Waals surface area (Å²) in [4.78, 5) is 2.27. The lowest BCUT2D eigenvalue weighted by Gasteiger charge is -2.45. The van der Waals surface area contributed by atoms with Gasteiger partial charge in [0.15, 0.2) is 0 Å². The van der Waals surface area contributed by atoms with Crippen molar-refractivity contribution in [3.05, 3.63) is 12.3 Å². The molecule has 0 unspecified atom stereocenters. The van der Waals surface area contributed by atoms with E-state index in [4.69, 9.17) is 0 Å². The second-order valence-corrected chi connectivity index (χ2v) is 6.03. The summed E-state index contributed by atoms with van der Waals surface area (Å²) in [6.07, 6.45) is 0. The Morgan fingerprint density at radius 3 is 1.71 bits per heavy atom. The molecule has 0 radical (unpaired) electrons.